The van der Waals surface area contributed by atoms with Gasteiger partial charge in [0.1, 0.15) is 0 Å². The van der Waals surface area contributed by atoms with Crippen LogP contribution in [0.2, 0.25) is 0 Å². The van der Waals surface area contributed by atoms with Gasteiger partial charge in [-0.3, -0.25) is 4.79 Å². The number of para-hydroxylation sites is 1. The molecular formula is C21H20N2O3S2. The largest absolute Gasteiger partial charge is 0.452 e. The summed E-state index contributed by atoms with van der Waals surface area (Å²) in [4.78, 5) is 31.7. The van der Waals surface area contributed by atoms with Crippen LogP contribution in [0.5, 0.6) is 0 Å². The highest BCUT2D eigenvalue weighted by molar-refractivity contribution is 7.98. The Morgan fingerprint density at radius 3 is 2.57 bits per heavy atom. The van der Waals surface area contributed by atoms with Gasteiger partial charge in [0.15, 0.2) is 6.61 Å². The molecule has 5 nitrogen and oxygen atoms in total. The quantitative estimate of drug-likeness (QED) is 0.398. The maximum absolute atomic E-state index is 12.6. The number of ether oxygens (including phenoxy) is 1. The minimum atomic E-state index is -0.501. The topological polar surface area (TPSA) is 59.5 Å². The van der Waals surface area contributed by atoms with Crippen molar-refractivity contribution in [3.05, 3.63) is 76.7 Å². The van der Waals surface area contributed by atoms with Gasteiger partial charge in [0.05, 0.1) is 16.8 Å². The van der Waals surface area contributed by atoms with Crippen molar-refractivity contribution in [3.8, 4) is 0 Å². The van der Waals surface area contributed by atoms with E-state index in [0.29, 0.717) is 17.9 Å². The average Bonchev–Trinajstić information content (AvgIpc) is 3.26. The summed E-state index contributed by atoms with van der Waals surface area (Å²) in [7, 11) is 0. The number of nitrogens with zero attached hydrogens (tertiary/aromatic N) is 2. The summed E-state index contributed by atoms with van der Waals surface area (Å²) in [5.41, 5.74) is 3.99. The Hall–Kier alpha value is -2.64. The van der Waals surface area contributed by atoms with E-state index in [1.807, 2.05) is 54.8 Å². The van der Waals surface area contributed by atoms with E-state index in [1.165, 1.54) is 11.8 Å². The van der Waals surface area contributed by atoms with Gasteiger partial charge in [-0.2, -0.15) is 0 Å². The summed E-state index contributed by atoms with van der Waals surface area (Å²) in [6.07, 6.45) is 0. The predicted octanol–water partition coefficient (Wildman–Crippen LogP) is 4.65. The molecule has 3 rings (SSSR count). The zero-order valence-electron chi connectivity index (χ0n) is 15.4. The van der Waals surface area contributed by atoms with E-state index in [-0.39, 0.29) is 12.5 Å². The van der Waals surface area contributed by atoms with Crippen molar-refractivity contribution < 1.29 is 14.3 Å². The summed E-state index contributed by atoms with van der Waals surface area (Å²) < 4.78 is 5.31. The first kappa shape index (κ1) is 20.1. The number of hydrogen-bond acceptors (Lipinski definition) is 6. The second-order valence-electron chi connectivity index (χ2n) is 5.81. The van der Waals surface area contributed by atoms with Crippen LogP contribution in [0.15, 0.2) is 70.4 Å². The first-order valence-electron chi connectivity index (χ1n) is 8.80. The van der Waals surface area contributed by atoms with E-state index < -0.39 is 5.97 Å². The lowest BCUT2D eigenvalue weighted by molar-refractivity contribution is -0.121. The molecule has 0 bridgehead atoms. The van der Waals surface area contributed by atoms with E-state index in [1.54, 1.807) is 33.9 Å². The molecule has 0 fully saturated rings. The maximum Gasteiger partial charge on any atom is 0.339 e. The zero-order chi connectivity index (χ0) is 19.8. The number of benzene rings is 2. The highest BCUT2D eigenvalue weighted by atomic mass is 32.2. The molecular weight excluding hydrogens is 392 g/mol. The van der Waals surface area contributed by atoms with Crippen LogP contribution in [0.4, 0.5) is 5.69 Å². The van der Waals surface area contributed by atoms with E-state index in [4.69, 9.17) is 4.74 Å². The van der Waals surface area contributed by atoms with Crippen molar-refractivity contribution in [1.82, 2.24) is 4.98 Å². The molecule has 0 spiro atoms. The van der Waals surface area contributed by atoms with Gasteiger partial charge in [-0.1, -0.05) is 30.3 Å². The van der Waals surface area contributed by atoms with Crippen molar-refractivity contribution in [3.63, 3.8) is 0 Å². The minimum absolute atomic E-state index is 0.255. The Bertz CT molecular complexity index is 914. The molecule has 1 aromatic heterocycles. The standard InChI is InChI=1S/C21H20N2O3S2/c1-2-23(17-8-4-3-5-9-17)20(24)12-26-21(25)18-10-6-7-11-19(18)28-14-16-13-27-15-22-16/h3-11,13,15H,2,12,14H2,1H3. The van der Waals surface area contributed by atoms with Gasteiger partial charge in [-0.05, 0) is 31.2 Å². The van der Waals surface area contributed by atoms with E-state index >= 15 is 0 Å². The molecule has 2 aromatic carbocycles. The number of esters is 1. The van der Waals surface area contributed by atoms with Crippen molar-refractivity contribution >= 4 is 40.7 Å². The number of aromatic nitrogens is 1. The van der Waals surface area contributed by atoms with Crippen molar-refractivity contribution in [2.75, 3.05) is 18.1 Å². The third-order valence-electron chi connectivity index (χ3n) is 3.98. The number of thioether (sulfide) groups is 1. The molecule has 0 aliphatic rings. The molecule has 0 aliphatic heterocycles. The molecule has 1 heterocycles. The summed E-state index contributed by atoms with van der Waals surface area (Å²) in [5, 5.41) is 1.98. The number of carbonyl (C=O) groups excluding carboxylic acids is 2. The molecule has 144 valence electrons. The fourth-order valence-corrected chi connectivity index (χ4v) is 4.22. The Balaban J connectivity index is 1.62. The molecule has 0 N–H and O–H groups in total. The normalized spacial score (nSPS) is 10.5. The molecule has 0 radical (unpaired) electrons. The minimum Gasteiger partial charge on any atom is -0.452 e. The number of amides is 1. The lowest BCUT2D eigenvalue weighted by atomic mass is 10.2. The number of rotatable bonds is 8. The molecule has 0 aliphatic carbocycles. The monoisotopic (exact) mass is 412 g/mol. The third kappa shape index (κ3) is 5.21. The summed E-state index contributed by atoms with van der Waals surface area (Å²) in [6, 6.07) is 16.6. The smallest absolute Gasteiger partial charge is 0.339 e. The third-order valence-corrected chi connectivity index (χ3v) is 5.72. The summed E-state index contributed by atoms with van der Waals surface area (Å²) in [6.45, 7) is 2.09. The van der Waals surface area contributed by atoms with Crippen molar-refractivity contribution in [1.29, 1.82) is 0 Å². The molecule has 3 aromatic rings. The van der Waals surface area contributed by atoms with Crippen LogP contribution in [0, 0.1) is 0 Å². The van der Waals surface area contributed by atoms with E-state index in [0.717, 1.165) is 16.3 Å². The van der Waals surface area contributed by atoms with Gasteiger partial charge in [0, 0.05) is 28.3 Å². The van der Waals surface area contributed by atoms with Crippen LogP contribution < -0.4 is 4.90 Å². The van der Waals surface area contributed by atoms with Crippen LogP contribution >= 0.6 is 23.1 Å². The first-order valence-corrected chi connectivity index (χ1v) is 10.7. The molecule has 28 heavy (non-hydrogen) atoms. The average molecular weight is 413 g/mol. The number of likely N-dealkylation sites (N-methyl/N-ethyl adjacent to an activating group) is 1. The molecule has 0 unspecified atom stereocenters. The number of thiazole rings is 1. The van der Waals surface area contributed by atoms with Crippen LogP contribution in [-0.2, 0) is 15.3 Å². The molecule has 1 amide bonds. The number of hydrogen-bond donors (Lipinski definition) is 0. The zero-order valence-corrected chi connectivity index (χ0v) is 17.0. The van der Waals surface area contributed by atoms with E-state index in [9.17, 15) is 9.59 Å². The Morgan fingerprint density at radius 1 is 1.11 bits per heavy atom. The Morgan fingerprint density at radius 2 is 1.86 bits per heavy atom. The lowest BCUT2D eigenvalue weighted by Gasteiger charge is -2.20. The highest BCUT2D eigenvalue weighted by Crippen LogP contribution is 2.26. The summed E-state index contributed by atoms with van der Waals surface area (Å²) >= 11 is 3.06. The second kappa shape index (κ2) is 10.1. The molecule has 0 saturated heterocycles. The van der Waals surface area contributed by atoms with Gasteiger partial charge in [-0.25, -0.2) is 9.78 Å². The van der Waals surface area contributed by atoms with Crippen LogP contribution in [-0.4, -0.2) is 30.0 Å². The maximum atomic E-state index is 12.6. The van der Waals surface area contributed by atoms with Gasteiger partial charge >= 0.3 is 5.97 Å². The van der Waals surface area contributed by atoms with Crippen molar-refractivity contribution in [2.45, 2.75) is 17.6 Å². The van der Waals surface area contributed by atoms with Gasteiger partial charge in [0.2, 0.25) is 0 Å². The van der Waals surface area contributed by atoms with E-state index in [2.05, 4.69) is 4.98 Å². The number of anilines is 1. The second-order valence-corrected chi connectivity index (χ2v) is 7.55. The molecule has 0 saturated carbocycles. The predicted molar refractivity (Wildman–Crippen MR) is 113 cm³/mol. The molecule has 7 heteroatoms. The Kier molecular flexibility index (Phi) is 7.22. The Labute approximate surface area is 172 Å². The van der Waals surface area contributed by atoms with Gasteiger partial charge in [-0.15, -0.1) is 23.1 Å². The van der Waals surface area contributed by atoms with Gasteiger partial charge in [0.25, 0.3) is 5.91 Å². The SMILES string of the molecule is CCN(C(=O)COC(=O)c1ccccc1SCc1cscn1)c1ccccc1. The van der Waals surface area contributed by atoms with Crippen molar-refractivity contribution in [2.24, 2.45) is 0 Å². The highest BCUT2D eigenvalue weighted by Gasteiger charge is 2.18. The fraction of sp³-hybridized carbons (Fsp3) is 0.190. The molecule has 0 atom stereocenters. The van der Waals surface area contributed by atoms with Crippen LogP contribution in [0.1, 0.15) is 23.0 Å². The number of carbonyl (C=O) groups is 2. The fourth-order valence-electron chi connectivity index (χ4n) is 2.62. The van der Waals surface area contributed by atoms with Crippen LogP contribution in [0.3, 0.4) is 0 Å². The van der Waals surface area contributed by atoms with Crippen LogP contribution in [0.25, 0.3) is 0 Å². The van der Waals surface area contributed by atoms with Gasteiger partial charge < -0.3 is 9.64 Å². The lowest BCUT2D eigenvalue weighted by Crippen LogP contribution is -2.34. The summed E-state index contributed by atoms with van der Waals surface area (Å²) in [5.74, 6) is -0.0850. The first-order chi connectivity index (χ1) is 13.7.